The number of aryl methyl sites for hydroxylation is 2. The third kappa shape index (κ3) is 3.13. The van der Waals surface area contributed by atoms with Gasteiger partial charge in [-0.05, 0) is 19.4 Å². The van der Waals surface area contributed by atoms with Gasteiger partial charge < -0.3 is 9.84 Å². The predicted molar refractivity (Wildman–Crippen MR) is 62.1 cm³/mol. The number of aromatic nitrogens is 4. The Morgan fingerprint density at radius 1 is 1.41 bits per heavy atom. The fourth-order valence-electron chi connectivity index (χ4n) is 1.63. The van der Waals surface area contributed by atoms with E-state index in [1.54, 1.807) is 0 Å². The molecular weight excluding hydrogens is 218 g/mol. The van der Waals surface area contributed by atoms with Gasteiger partial charge in [0, 0.05) is 19.3 Å². The Morgan fingerprint density at radius 3 is 3.00 bits per heavy atom. The highest BCUT2D eigenvalue weighted by Gasteiger charge is 2.04. The molecule has 0 aliphatic heterocycles. The van der Waals surface area contributed by atoms with Crippen LogP contribution in [0.4, 0.5) is 0 Å². The van der Waals surface area contributed by atoms with E-state index in [2.05, 4.69) is 27.5 Å². The van der Waals surface area contributed by atoms with Crippen molar-refractivity contribution in [3.63, 3.8) is 0 Å². The molecule has 2 heterocycles. The van der Waals surface area contributed by atoms with Crippen LogP contribution in [-0.4, -0.2) is 19.9 Å². The van der Waals surface area contributed by atoms with Gasteiger partial charge in [0.1, 0.15) is 0 Å². The third-order valence-corrected chi connectivity index (χ3v) is 2.39. The zero-order valence-corrected chi connectivity index (χ0v) is 10.2. The molecule has 0 amide bonds. The van der Waals surface area contributed by atoms with Gasteiger partial charge in [0.05, 0.1) is 12.2 Å². The molecule has 6 nitrogen and oxygen atoms in total. The lowest BCUT2D eigenvalue weighted by atomic mass is 10.4. The zero-order valence-electron chi connectivity index (χ0n) is 10.2. The number of hydrogen-bond acceptors (Lipinski definition) is 5. The molecule has 0 saturated carbocycles. The highest BCUT2D eigenvalue weighted by atomic mass is 16.5. The summed E-state index contributed by atoms with van der Waals surface area (Å²) in [5, 5.41) is 11.3. The second kappa shape index (κ2) is 5.58. The van der Waals surface area contributed by atoms with Gasteiger partial charge in [0.25, 0.3) is 0 Å². The molecule has 0 saturated heterocycles. The minimum absolute atomic E-state index is 0.581. The van der Waals surface area contributed by atoms with E-state index in [0.717, 1.165) is 19.5 Å². The fourth-order valence-corrected chi connectivity index (χ4v) is 1.63. The Bertz CT molecular complexity index is 462. The minimum Gasteiger partial charge on any atom is -0.338 e. The topological polar surface area (TPSA) is 68.8 Å². The van der Waals surface area contributed by atoms with Crippen LogP contribution in [0.25, 0.3) is 0 Å². The van der Waals surface area contributed by atoms with Crippen LogP contribution in [0.2, 0.25) is 0 Å². The highest BCUT2D eigenvalue weighted by Crippen LogP contribution is 2.01. The Balaban J connectivity index is 1.83. The van der Waals surface area contributed by atoms with Crippen molar-refractivity contribution in [2.75, 3.05) is 0 Å². The minimum atomic E-state index is 0.581. The molecule has 17 heavy (non-hydrogen) atoms. The van der Waals surface area contributed by atoms with Crippen molar-refractivity contribution in [2.24, 2.45) is 0 Å². The molecule has 0 spiro atoms. The molecule has 92 valence electrons. The summed E-state index contributed by atoms with van der Waals surface area (Å²) in [6, 6.07) is 2.02. The maximum Gasteiger partial charge on any atom is 0.240 e. The van der Waals surface area contributed by atoms with Crippen LogP contribution in [0, 0.1) is 6.92 Å². The van der Waals surface area contributed by atoms with Gasteiger partial charge in [0.2, 0.25) is 5.89 Å². The van der Waals surface area contributed by atoms with Crippen molar-refractivity contribution in [3.05, 3.63) is 29.7 Å². The first-order chi connectivity index (χ1) is 8.29. The van der Waals surface area contributed by atoms with Crippen LogP contribution >= 0.6 is 0 Å². The average Bonchev–Trinajstić information content (AvgIpc) is 2.90. The molecule has 0 aliphatic rings. The predicted octanol–water partition coefficient (Wildman–Crippen LogP) is 1.27. The SMILES string of the molecule is CCCn1nccc1CNCc1nc(C)no1. The number of hydrogen-bond donors (Lipinski definition) is 1. The summed E-state index contributed by atoms with van der Waals surface area (Å²) < 4.78 is 7.02. The summed E-state index contributed by atoms with van der Waals surface area (Å²) in [6.45, 7) is 6.23. The lowest BCUT2D eigenvalue weighted by molar-refractivity contribution is 0.363. The number of rotatable bonds is 6. The van der Waals surface area contributed by atoms with E-state index in [0.29, 0.717) is 18.3 Å². The highest BCUT2D eigenvalue weighted by molar-refractivity contribution is 5.00. The molecule has 2 aromatic heterocycles. The van der Waals surface area contributed by atoms with Gasteiger partial charge in [-0.25, -0.2) is 0 Å². The van der Waals surface area contributed by atoms with Gasteiger partial charge in [-0.1, -0.05) is 12.1 Å². The van der Waals surface area contributed by atoms with Crippen molar-refractivity contribution in [1.29, 1.82) is 0 Å². The van der Waals surface area contributed by atoms with E-state index < -0.39 is 0 Å². The largest absolute Gasteiger partial charge is 0.338 e. The van der Waals surface area contributed by atoms with Gasteiger partial charge in [-0.2, -0.15) is 10.1 Å². The van der Waals surface area contributed by atoms with Crippen LogP contribution in [0.15, 0.2) is 16.8 Å². The molecule has 0 bridgehead atoms. The number of nitrogens with one attached hydrogen (secondary N) is 1. The molecule has 6 heteroatoms. The van der Waals surface area contributed by atoms with Crippen LogP contribution < -0.4 is 5.32 Å². The normalized spacial score (nSPS) is 10.9. The number of nitrogens with zero attached hydrogens (tertiary/aromatic N) is 4. The smallest absolute Gasteiger partial charge is 0.240 e. The van der Waals surface area contributed by atoms with Crippen LogP contribution in [0.1, 0.15) is 30.8 Å². The molecular formula is C11H17N5O. The summed E-state index contributed by atoms with van der Waals surface area (Å²) in [5.41, 5.74) is 1.17. The Kier molecular flexibility index (Phi) is 3.87. The molecule has 0 radical (unpaired) electrons. The summed E-state index contributed by atoms with van der Waals surface area (Å²) in [7, 11) is 0. The van der Waals surface area contributed by atoms with Crippen molar-refractivity contribution >= 4 is 0 Å². The van der Waals surface area contributed by atoms with E-state index >= 15 is 0 Å². The second-order valence-corrected chi connectivity index (χ2v) is 3.88. The monoisotopic (exact) mass is 235 g/mol. The third-order valence-electron chi connectivity index (χ3n) is 2.39. The Labute approximate surface area is 100 Å². The molecule has 2 aromatic rings. The Hall–Kier alpha value is -1.69. The maximum absolute atomic E-state index is 5.02. The van der Waals surface area contributed by atoms with Gasteiger partial charge in [-0.15, -0.1) is 0 Å². The van der Waals surface area contributed by atoms with Gasteiger partial charge in [-0.3, -0.25) is 4.68 Å². The first-order valence-electron chi connectivity index (χ1n) is 5.80. The lowest BCUT2D eigenvalue weighted by Crippen LogP contribution is -2.16. The first kappa shape index (κ1) is 11.8. The van der Waals surface area contributed by atoms with E-state index in [-0.39, 0.29) is 0 Å². The van der Waals surface area contributed by atoms with E-state index in [1.165, 1.54) is 5.69 Å². The summed E-state index contributed by atoms with van der Waals surface area (Å²) >= 11 is 0. The average molecular weight is 235 g/mol. The van der Waals surface area contributed by atoms with Crippen molar-refractivity contribution in [2.45, 2.75) is 39.9 Å². The van der Waals surface area contributed by atoms with Crippen molar-refractivity contribution in [3.8, 4) is 0 Å². The van der Waals surface area contributed by atoms with E-state index in [9.17, 15) is 0 Å². The first-order valence-corrected chi connectivity index (χ1v) is 5.80. The summed E-state index contributed by atoms with van der Waals surface area (Å²) in [5.74, 6) is 1.28. The van der Waals surface area contributed by atoms with Crippen molar-refractivity contribution in [1.82, 2.24) is 25.2 Å². The van der Waals surface area contributed by atoms with Gasteiger partial charge >= 0.3 is 0 Å². The van der Waals surface area contributed by atoms with Crippen molar-refractivity contribution < 1.29 is 4.52 Å². The quantitative estimate of drug-likeness (QED) is 0.816. The maximum atomic E-state index is 5.02. The zero-order chi connectivity index (χ0) is 12.1. The Morgan fingerprint density at radius 2 is 2.29 bits per heavy atom. The lowest BCUT2D eigenvalue weighted by Gasteiger charge is -2.05. The molecule has 2 rings (SSSR count). The molecule has 0 aliphatic carbocycles. The van der Waals surface area contributed by atoms with Crippen LogP contribution in [0.3, 0.4) is 0 Å². The standard InChI is InChI=1S/C11H17N5O/c1-3-6-16-10(4-5-13-16)7-12-8-11-14-9(2)15-17-11/h4-5,12H,3,6-8H2,1-2H3. The van der Waals surface area contributed by atoms with Crippen LogP contribution in [-0.2, 0) is 19.6 Å². The molecule has 0 fully saturated rings. The molecule has 0 unspecified atom stereocenters. The van der Waals surface area contributed by atoms with E-state index in [1.807, 2.05) is 23.9 Å². The van der Waals surface area contributed by atoms with E-state index in [4.69, 9.17) is 4.52 Å². The fraction of sp³-hybridized carbons (Fsp3) is 0.545. The van der Waals surface area contributed by atoms with Crippen LogP contribution in [0.5, 0.6) is 0 Å². The second-order valence-electron chi connectivity index (χ2n) is 3.88. The summed E-state index contributed by atoms with van der Waals surface area (Å²) in [6.07, 6.45) is 2.90. The molecule has 1 N–H and O–H groups in total. The molecule has 0 aromatic carbocycles. The van der Waals surface area contributed by atoms with Gasteiger partial charge in [0.15, 0.2) is 5.82 Å². The molecule has 0 atom stereocenters. The summed E-state index contributed by atoms with van der Waals surface area (Å²) in [4.78, 5) is 4.13.